The molecule has 1 aromatic carbocycles. The quantitative estimate of drug-likeness (QED) is 0.823. The molecule has 0 fully saturated rings. The van der Waals surface area contributed by atoms with Gasteiger partial charge >= 0.3 is 0 Å². The van der Waals surface area contributed by atoms with E-state index in [0.717, 1.165) is 5.56 Å². The Kier molecular flexibility index (Phi) is 3.70. The van der Waals surface area contributed by atoms with E-state index in [0.29, 0.717) is 5.75 Å². The summed E-state index contributed by atoms with van der Waals surface area (Å²) in [7, 11) is 0. The smallest absolute Gasteiger partial charge is 0.0960 e. The first-order chi connectivity index (χ1) is 7.75. The molecule has 0 aliphatic heterocycles. The Labute approximate surface area is 99.3 Å². The fourth-order valence-electron chi connectivity index (χ4n) is 1.37. The molecule has 1 heterocycles. The molecular weight excluding hydrogens is 220 g/mol. The molecule has 0 saturated carbocycles. The van der Waals surface area contributed by atoms with Crippen molar-refractivity contribution in [3.8, 4) is 0 Å². The minimum atomic E-state index is -0.468. The van der Waals surface area contributed by atoms with Crippen LogP contribution in [0.3, 0.4) is 0 Å². The highest BCUT2D eigenvalue weighted by atomic mass is 32.2. The van der Waals surface area contributed by atoms with E-state index in [2.05, 4.69) is 31.2 Å². The lowest BCUT2D eigenvalue weighted by Gasteiger charge is -2.07. The highest BCUT2D eigenvalue weighted by Gasteiger charge is 2.08. The van der Waals surface area contributed by atoms with Crippen LogP contribution in [0.15, 0.2) is 52.2 Å². The third-order valence-electron chi connectivity index (χ3n) is 2.36. The molecule has 1 atom stereocenters. The van der Waals surface area contributed by atoms with E-state index in [1.54, 1.807) is 30.4 Å². The number of hydrogen-bond acceptors (Lipinski definition) is 3. The van der Waals surface area contributed by atoms with Crippen molar-refractivity contribution in [3.63, 3.8) is 0 Å². The summed E-state index contributed by atoms with van der Waals surface area (Å²) < 4.78 is 4.93. The Morgan fingerprint density at radius 1 is 1.25 bits per heavy atom. The van der Waals surface area contributed by atoms with Crippen LogP contribution in [0.5, 0.6) is 0 Å². The molecule has 84 valence electrons. The monoisotopic (exact) mass is 234 g/mol. The maximum atomic E-state index is 9.84. The predicted molar refractivity (Wildman–Crippen MR) is 65.6 cm³/mol. The third kappa shape index (κ3) is 2.90. The normalized spacial score (nSPS) is 12.6. The predicted octanol–water partition coefficient (Wildman–Crippen LogP) is 3.41. The standard InChI is InChI=1S/C13H14O2S/c1-10-2-4-12(5-3-10)16-9-13(14)11-6-7-15-8-11/h2-8,13-14H,9H2,1H3. The minimum absolute atomic E-state index is 0.468. The molecule has 0 bridgehead atoms. The average Bonchev–Trinajstić information content (AvgIpc) is 2.81. The maximum absolute atomic E-state index is 9.84. The van der Waals surface area contributed by atoms with E-state index in [1.165, 1.54) is 10.5 Å². The Balaban J connectivity index is 1.90. The SMILES string of the molecule is Cc1ccc(SCC(O)c2ccoc2)cc1. The topological polar surface area (TPSA) is 33.4 Å². The third-order valence-corrected chi connectivity index (χ3v) is 3.44. The fraction of sp³-hybridized carbons (Fsp3) is 0.231. The zero-order chi connectivity index (χ0) is 11.4. The van der Waals surface area contributed by atoms with Gasteiger partial charge in [-0.15, -0.1) is 11.8 Å². The van der Waals surface area contributed by atoms with Crippen LogP contribution in [0.2, 0.25) is 0 Å². The second kappa shape index (κ2) is 5.23. The van der Waals surface area contributed by atoms with Gasteiger partial charge in [0.1, 0.15) is 0 Å². The van der Waals surface area contributed by atoms with E-state index in [9.17, 15) is 5.11 Å². The van der Waals surface area contributed by atoms with E-state index in [1.807, 2.05) is 0 Å². The van der Waals surface area contributed by atoms with Gasteiger partial charge in [-0.25, -0.2) is 0 Å². The van der Waals surface area contributed by atoms with Gasteiger partial charge < -0.3 is 9.52 Å². The summed E-state index contributed by atoms with van der Waals surface area (Å²) in [5, 5.41) is 9.84. The molecule has 0 aliphatic rings. The maximum Gasteiger partial charge on any atom is 0.0960 e. The molecule has 0 radical (unpaired) electrons. The Morgan fingerprint density at radius 2 is 2.00 bits per heavy atom. The van der Waals surface area contributed by atoms with E-state index >= 15 is 0 Å². The van der Waals surface area contributed by atoms with Crippen LogP contribution >= 0.6 is 11.8 Å². The first kappa shape index (κ1) is 11.3. The van der Waals surface area contributed by atoms with Gasteiger partial charge in [0, 0.05) is 16.2 Å². The lowest BCUT2D eigenvalue weighted by atomic mass is 10.2. The van der Waals surface area contributed by atoms with Gasteiger partial charge in [-0.1, -0.05) is 17.7 Å². The summed E-state index contributed by atoms with van der Waals surface area (Å²) in [5.41, 5.74) is 2.08. The number of thioether (sulfide) groups is 1. The van der Waals surface area contributed by atoms with E-state index < -0.39 is 6.10 Å². The lowest BCUT2D eigenvalue weighted by Crippen LogP contribution is -1.98. The molecule has 0 amide bonds. The van der Waals surface area contributed by atoms with E-state index in [4.69, 9.17) is 4.42 Å². The summed E-state index contributed by atoms with van der Waals surface area (Å²) in [6.07, 6.45) is 2.69. The van der Waals surface area contributed by atoms with Crippen LogP contribution in [-0.4, -0.2) is 10.9 Å². The van der Waals surface area contributed by atoms with Crippen molar-refractivity contribution in [2.24, 2.45) is 0 Å². The van der Waals surface area contributed by atoms with Crippen LogP contribution in [0.25, 0.3) is 0 Å². The first-order valence-electron chi connectivity index (χ1n) is 5.15. The van der Waals surface area contributed by atoms with Crippen molar-refractivity contribution in [2.75, 3.05) is 5.75 Å². The van der Waals surface area contributed by atoms with Crippen molar-refractivity contribution in [2.45, 2.75) is 17.9 Å². The minimum Gasteiger partial charge on any atom is -0.472 e. The summed E-state index contributed by atoms with van der Waals surface area (Å²) in [4.78, 5) is 1.17. The van der Waals surface area contributed by atoms with Gasteiger partial charge in [0.05, 0.1) is 18.6 Å². The molecular formula is C13H14O2S. The summed E-state index contributed by atoms with van der Waals surface area (Å²) in [5.74, 6) is 0.641. The molecule has 1 aromatic heterocycles. The molecule has 1 unspecified atom stereocenters. The van der Waals surface area contributed by atoms with E-state index in [-0.39, 0.29) is 0 Å². The van der Waals surface area contributed by atoms with Crippen LogP contribution < -0.4 is 0 Å². The number of aryl methyl sites for hydroxylation is 1. The second-order valence-electron chi connectivity index (χ2n) is 3.70. The molecule has 0 saturated heterocycles. The molecule has 3 heteroatoms. The Morgan fingerprint density at radius 3 is 2.62 bits per heavy atom. The highest BCUT2D eigenvalue weighted by molar-refractivity contribution is 7.99. The van der Waals surface area contributed by atoms with Crippen molar-refractivity contribution >= 4 is 11.8 Å². The van der Waals surface area contributed by atoms with Crippen LogP contribution in [0.1, 0.15) is 17.2 Å². The van der Waals surface area contributed by atoms with Crippen LogP contribution in [0.4, 0.5) is 0 Å². The molecule has 0 spiro atoms. The summed E-state index contributed by atoms with van der Waals surface area (Å²) in [6.45, 7) is 2.06. The number of aliphatic hydroxyl groups is 1. The van der Waals surface area contributed by atoms with Crippen LogP contribution in [0, 0.1) is 6.92 Å². The molecule has 2 rings (SSSR count). The van der Waals surface area contributed by atoms with Crippen LogP contribution in [-0.2, 0) is 0 Å². The average molecular weight is 234 g/mol. The number of rotatable bonds is 4. The fourth-order valence-corrected chi connectivity index (χ4v) is 2.24. The van der Waals surface area contributed by atoms with Gasteiger partial charge in [-0.2, -0.15) is 0 Å². The van der Waals surface area contributed by atoms with Crippen molar-refractivity contribution in [1.82, 2.24) is 0 Å². The molecule has 2 nitrogen and oxygen atoms in total. The van der Waals surface area contributed by atoms with Crippen molar-refractivity contribution in [3.05, 3.63) is 54.0 Å². The number of hydrogen-bond donors (Lipinski definition) is 1. The van der Waals surface area contributed by atoms with Gasteiger partial charge in [0.15, 0.2) is 0 Å². The van der Waals surface area contributed by atoms with Gasteiger partial charge in [0.25, 0.3) is 0 Å². The van der Waals surface area contributed by atoms with Crippen molar-refractivity contribution in [1.29, 1.82) is 0 Å². The zero-order valence-corrected chi connectivity index (χ0v) is 9.91. The largest absolute Gasteiger partial charge is 0.472 e. The Hall–Kier alpha value is -1.19. The van der Waals surface area contributed by atoms with Gasteiger partial charge in [-0.05, 0) is 25.1 Å². The number of benzene rings is 1. The molecule has 2 aromatic rings. The number of aliphatic hydroxyl groups excluding tert-OH is 1. The second-order valence-corrected chi connectivity index (χ2v) is 4.79. The first-order valence-corrected chi connectivity index (χ1v) is 6.14. The van der Waals surface area contributed by atoms with Crippen molar-refractivity contribution < 1.29 is 9.52 Å². The molecule has 0 aliphatic carbocycles. The molecule has 1 N–H and O–H groups in total. The summed E-state index contributed by atoms with van der Waals surface area (Å²) >= 11 is 1.64. The molecule has 16 heavy (non-hydrogen) atoms. The summed E-state index contributed by atoms with van der Waals surface area (Å²) in [6, 6.07) is 10.1. The van der Waals surface area contributed by atoms with Gasteiger partial charge in [-0.3, -0.25) is 0 Å². The lowest BCUT2D eigenvalue weighted by molar-refractivity contribution is 0.203. The highest BCUT2D eigenvalue weighted by Crippen LogP contribution is 2.24. The Bertz CT molecular complexity index is 420. The zero-order valence-electron chi connectivity index (χ0n) is 9.09. The van der Waals surface area contributed by atoms with Gasteiger partial charge in [0.2, 0.25) is 0 Å². The number of furan rings is 1.